The van der Waals surface area contributed by atoms with Crippen molar-refractivity contribution in [3.05, 3.63) is 30.1 Å². The van der Waals surface area contributed by atoms with E-state index in [1.165, 1.54) is 24.3 Å². The zero-order valence-electron chi connectivity index (χ0n) is 8.85. The van der Waals surface area contributed by atoms with Crippen LogP contribution in [0.15, 0.2) is 24.3 Å². The highest BCUT2D eigenvalue weighted by atomic mass is 32.2. The van der Waals surface area contributed by atoms with Crippen LogP contribution in [0.2, 0.25) is 0 Å². The molecular formula is C10H14FNO3S. The van der Waals surface area contributed by atoms with Crippen LogP contribution < -0.4 is 4.72 Å². The first kappa shape index (κ1) is 12.9. The second-order valence-corrected chi connectivity index (χ2v) is 5.45. The summed E-state index contributed by atoms with van der Waals surface area (Å²) >= 11 is 0. The van der Waals surface area contributed by atoms with E-state index >= 15 is 0 Å². The van der Waals surface area contributed by atoms with E-state index in [-0.39, 0.29) is 18.3 Å². The lowest BCUT2D eigenvalue weighted by molar-refractivity contribution is 0.249. The van der Waals surface area contributed by atoms with Gasteiger partial charge in [0, 0.05) is 12.3 Å². The topological polar surface area (TPSA) is 66.4 Å². The molecule has 2 N–H and O–H groups in total. The molecular weight excluding hydrogens is 233 g/mol. The first-order valence-electron chi connectivity index (χ1n) is 4.80. The number of rotatable bonds is 5. The van der Waals surface area contributed by atoms with Gasteiger partial charge in [0.2, 0.25) is 10.0 Å². The van der Waals surface area contributed by atoms with Crippen molar-refractivity contribution in [2.75, 3.05) is 17.1 Å². The molecule has 0 aliphatic heterocycles. The van der Waals surface area contributed by atoms with E-state index in [4.69, 9.17) is 5.11 Å². The van der Waals surface area contributed by atoms with Crippen LogP contribution in [-0.4, -0.2) is 25.9 Å². The zero-order valence-corrected chi connectivity index (χ0v) is 9.67. The van der Waals surface area contributed by atoms with Gasteiger partial charge in [-0.25, -0.2) is 12.8 Å². The van der Waals surface area contributed by atoms with E-state index in [1.807, 2.05) is 0 Å². The Morgan fingerprint density at radius 3 is 2.44 bits per heavy atom. The summed E-state index contributed by atoms with van der Waals surface area (Å²) in [6.45, 7) is 1.44. The first-order chi connectivity index (χ1) is 7.43. The summed E-state index contributed by atoms with van der Waals surface area (Å²) in [5.41, 5.74) is 0.312. The zero-order chi connectivity index (χ0) is 12.2. The maximum atomic E-state index is 12.6. The summed E-state index contributed by atoms with van der Waals surface area (Å²) in [6, 6.07) is 5.04. The maximum Gasteiger partial charge on any atom is 0.233 e. The second kappa shape index (κ2) is 5.27. The second-order valence-electron chi connectivity index (χ2n) is 3.68. The molecule has 0 amide bonds. The third-order valence-corrected chi connectivity index (χ3v) is 3.49. The van der Waals surface area contributed by atoms with Crippen LogP contribution in [0.1, 0.15) is 6.92 Å². The highest BCUT2D eigenvalue weighted by Gasteiger charge is 2.14. The normalized spacial score (nSPS) is 13.4. The Labute approximate surface area is 94.2 Å². The van der Waals surface area contributed by atoms with Gasteiger partial charge in [-0.15, -0.1) is 0 Å². The summed E-state index contributed by atoms with van der Waals surface area (Å²) in [6.07, 6.45) is 0. The third kappa shape index (κ3) is 4.16. The molecule has 0 heterocycles. The van der Waals surface area contributed by atoms with E-state index in [2.05, 4.69) is 4.72 Å². The van der Waals surface area contributed by atoms with E-state index in [9.17, 15) is 12.8 Å². The number of aliphatic hydroxyl groups is 1. The van der Waals surface area contributed by atoms with Crippen LogP contribution in [0.4, 0.5) is 10.1 Å². The Kier molecular flexibility index (Phi) is 4.26. The van der Waals surface area contributed by atoms with Crippen LogP contribution in [0.5, 0.6) is 0 Å². The average Bonchev–Trinajstić information content (AvgIpc) is 2.20. The molecule has 90 valence electrons. The fourth-order valence-electron chi connectivity index (χ4n) is 1.17. The molecule has 0 aromatic heterocycles. The van der Waals surface area contributed by atoms with Crippen molar-refractivity contribution in [1.82, 2.24) is 0 Å². The number of hydrogen-bond acceptors (Lipinski definition) is 3. The van der Waals surface area contributed by atoms with Crippen molar-refractivity contribution in [2.45, 2.75) is 6.92 Å². The third-order valence-electron chi connectivity index (χ3n) is 1.93. The summed E-state index contributed by atoms with van der Waals surface area (Å²) in [5.74, 6) is -0.925. The molecule has 0 bridgehead atoms. The fourth-order valence-corrected chi connectivity index (χ4v) is 2.60. The van der Waals surface area contributed by atoms with Gasteiger partial charge in [-0.05, 0) is 30.2 Å². The molecule has 1 rings (SSSR count). The van der Waals surface area contributed by atoms with Crippen molar-refractivity contribution in [3.8, 4) is 0 Å². The minimum atomic E-state index is -3.49. The largest absolute Gasteiger partial charge is 0.396 e. The Morgan fingerprint density at radius 1 is 1.38 bits per heavy atom. The van der Waals surface area contributed by atoms with Gasteiger partial charge in [0.1, 0.15) is 5.82 Å². The first-order valence-corrected chi connectivity index (χ1v) is 6.45. The van der Waals surface area contributed by atoms with Crippen LogP contribution in [0.25, 0.3) is 0 Å². The van der Waals surface area contributed by atoms with Gasteiger partial charge in [-0.1, -0.05) is 6.92 Å². The number of aliphatic hydroxyl groups excluding tert-OH is 1. The van der Waals surface area contributed by atoms with E-state index in [0.29, 0.717) is 5.69 Å². The Hall–Kier alpha value is -1.14. The molecule has 0 radical (unpaired) electrons. The van der Waals surface area contributed by atoms with Gasteiger partial charge in [0.05, 0.1) is 5.75 Å². The van der Waals surface area contributed by atoms with Crippen molar-refractivity contribution in [3.63, 3.8) is 0 Å². The maximum absolute atomic E-state index is 12.6. The molecule has 0 aliphatic rings. The predicted octanol–water partition coefficient (Wildman–Crippen LogP) is 1.20. The summed E-state index contributed by atoms with van der Waals surface area (Å²) in [7, 11) is -3.49. The fraction of sp³-hybridized carbons (Fsp3) is 0.400. The van der Waals surface area contributed by atoms with Crippen LogP contribution in [0.3, 0.4) is 0 Å². The van der Waals surface area contributed by atoms with Crippen LogP contribution in [0, 0.1) is 11.7 Å². The lowest BCUT2D eigenvalue weighted by atomic mass is 10.2. The molecule has 1 unspecified atom stereocenters. The minimum Gasteiger partial charge on any atom is -0.396 e. The summed E-state index contributed by atoms with van der Waals surface area (Å²) < 4.78 is 38.0. The molecule has 4 nitrogen and oxygen atoms in total. The van der Waals surface area contributed by atoms with Crippen molar-refractivity contribution in [1.29, 1.82) is 0 Å². The minimum absolute atomic E-state index is 0.166. The van der Waals surface area contributed by atoms with E-state index < -0.39 is 15.8 Å². The number of hydrogen-bond donors (Lipinski definition) is 2. The molecule has 1 aromatic rings. The van der Waals surface area contributed by atoms with Gasteiger partial charge in [-0.3, -0.25) is 4.72 Å². The molecule has 1 aromatic carbocycles. The van der Waals surface area contributed by atoms with Gasteiger partial charge >= 0.3 is 0 Å². The number of halogens is 1. The van der Waals surface area contributed by atoms with Crippen molar-refractivity contribution in [2.24, 2.45) is 5.92 Å². The van der Waals surface area contributed by atoms with Gasteiger partial charge < -0.3 is 5.11 Å². The lowest BCUT2D eigenvalue weighted by Gasteiger charge is -2.11. The Morgan fingerprint density at radius 2 is 1.94 bits per heavy atom. The molecule has 6 heteroatoms. The SMILES string of the molecule is CC(CO)CS(=O)(=O)Nc1ccc(F)cc1. The molecule has 16 heavy (non-hydrogen) atoms. The smallest absolute Gasteiger partial charge is 0.233 e. The molecule has 0 spiro atoms. The highest BCUT2D eigenvalue weighted by Crippen LogP contribution is 2.11. The van der Waals surface area contributed by atoms with Crippen LogP contribution in [-0.2, 0) is 10.0 Å². The van der Waals surface area contributed by atoms with Gasteiger partial charge in [0.15, 0.2) is 0 Å². The molecule has 1 atom stereocenters. The van der Waals surface area contributed by atoms with Crippen molar-refractivity contribution >= 4 is 15.7 Å². The van der Waals surface area contributed by atoms with Gasteiger partial charge in [0.25, 0.3) is 0 Å². The number of nitrogens with one attached hydrogen (secondary N) is 1. The number of anilines is 1. The Bertz CT molecular complexity index is 430. The summed E-state index contributed by atoms with van der Waals surface area (Å²) in [4.78, 5) is 0. The molecule has 0 aliphatic carbocycles. The predicted molar refractivity (Wildman–Crippen MR) is 60.1 cm³/mol. The van der Waals surface area contributed by atoms with E-state index in [1.54, 1.807) is 6.92 Å². The molecule has 0 saturated heterocycles. The molecule has 0 saturated carbocycles. The highest BCUT2D eigenvalue weighted by molar-refractivity contribution is 7.92. The number of sulfonamides is 1. The van der Waals surface area contributed by atoms with Crippen molar-refractivity contribution < 1.29 is 17.9 Å². The standard InChI is InChI=1S/C10H14FNO3S/c1-8(6-13)7-16(14,15)12-10-4-2-9(11)3-5-10/h2-5,8,12-13H,6-7H2,1H3. The van der Waals surface area contributed by atoms with Gasteiger partial charge in [-0.2, -0.15) is 0 Å². The Balaban J connectivity index is 2.69. The average molecular weight is 247 g/mol. The molecule has 0 fully saturated rings. The quantitative estimate of drug-likeness (QED) is 0.821. The van der Waals surface area contributed by atoms with Crippen LogP contribution >= 0.6 is 0 Å². The summed E-state index contributed by atoms with van der Waals surface area (Å²) in [5, 5.41) is 8.76. The monoisotopic (exact) mass is 247 g/mol. The lowest BCUT2D eigenvalue weighted by Crippen LogP contribution is -2.23. The number of benzene rings is 1. The van der Waals surface area contributed by atoms with E-state index in [0.717, 1.165) is 0 Å².